The monoisotopic (exact) mass is 419 g/mol. The van der Waals surface area contributed by atoms with Crippen molar-refractivity contribution in [1.29, 1.82) is 0 Å². The van der Waals surface area contributed by atoms with E-state index in [1.54, 1.807) is 32.2 Å². The van der Waals surface area contributed by atoms with Crippen molar-refractivity contribution in [2.24, 2.45) is 0 Å². The fourth-order valence-electron chi connectivity index (χ4n) is 3.75. The molecule has 0 radical (unpaired) electrons. The van der Waals surface area contributed by atoms with Crippen LogP contribution in [-0.2, 0) is 10.0 Å². The number of benzene rings is 1. The molecule has 1 amide bonds. The summed E-state index contributed by atoms with van der Waals surface area (Å²) < 4.78 is 32.4. The minimum absolute atomic E-state index is 0.0287. The molecule has 29 heavy (non-hydrogen) atoms. The van der Waals surface area contributed by atoms with Crippen molar-refractivity contribution in [1.82, 2.24) is 14.5 Å². The molecule has 158 valence electrons. The number of rotatable bonds is 9. The van der Waals surface area contributed by atoms with Crippen LogP contribution in [0.15, 0.2) is 52.0 Å². The summed E-state index contributed by atoms with van der Waals surface area (Å²) in [6.45, 7) is 6.71. The Kier molecular flexibility index (Phi) is 7.10. The van der Waals surface area contributed by atoms with Crippen molar-refractivity contribution in [2.75, 3.05) is 32.7 Å². The van der Waals surface area contributed by atoms with E-state index in [1.165, 1.54) is 16.4 Å². The lowest BCUT2D eigenvalue weighted by Gasteiger charge is -2.26. The normalized spacial score (nSPS) is 16.2. The average Bonchev–Trinajstić information content (AvgIpc) is 3.44. The number of furan rings is 1. The van der Waals surface area contributed by atoms with Gasteiger partial charge in [-0.25, -0.2) is 8.42 Å². The summed E-state index contributed by atoms with van der Waals surface area (Å²) in [5.41, 5.74) is 0.331. The van der Waals surface area contributed by atoms with Crippen LogP contribution in [0.1, 0.15) is 48.8 Å². The minimum atomic E-state index is -3.61. The first kappa shape index (κ1) is 21.5. The van der Waals surface area contributed by atoms with Gasteiger partial charge in [0.2, 0.25) is 10.0 Å². The number of nitrogens with one attached hydrogen (secondary N) is 1. The third-order valence-electron chi connectivity index (χ3n) is 5.35. The van der Waals surface area contributed by atoms with Crippen molar-refractivity contribution in [3.05, 3.63) is 54.0 Å². The van der Waals surface area contributed by atoms with E-state index >= 15 is 0 Å². The van der Waals surface area contributed by atoms with Gasteiger partial charge in [-0.1, -0.05) is 19.9 Å². The van der Waals surface area contributed by atoms with Gasteiger partial charge in [0.1, 0.15) is 5.76 Å². The van der Waals surface area contributed by atoms with E-state index < -0.39 is 10.0 Å². The van der Waals surface area contributed by atoms with E-state index in [-0.39, 0.29) is 16.8 Å². The number of amides is 1. The van der Waals surface area contributed by atoms with Crippen molar-refractivity contribution in [3.63, 3.8) is 0 Å². The molecule has 1 fully saturated rings. The van der Waals surface area contributed by atoms with Crippen LogP contribution in [0.5, 0.6) is 0 Å². The van der Waals surface area contributed by atoms with Gasteiger partial charge in [-0.05, 0) is 56.3 Å². The largest absolute Gasteiger partial charge is 0.468 e. The van der Waals surface area contributed by atoms with Gasteiger partial charge in [0.05, 0.1) is 17.2 Å². The summed E-state index contributed by atoms with van der Waals surface area (Å²) in [4.78, 5) is 15.2. The Morgan fingerprint density at radius 2 is 1.90 bits per heavy atom. The van der Waals surface area contributed by atoms with Crippen LogP contribution in [-0.4, -0.2) is 56.3 Å². The van der Waals surface area contributed by atoms with Gasteiger partial charge in [0, 0.05) is 25.2 Å². The van der Waals surface area contributed by atoms with E-state index in [4.69, 9.17) is 4.42 Å². The third-order valence-corrected chi connectivity index (χ3v) is 7.39. The van der Waals surface area contributed by atoms with Crippen molar-refractivity contribution in [2.45, 2.75) is 37.6 Å². The third kappa shape index (κ3) is 4.88. The number of hydrogen-bond acceptors (Lipinski definition) is 5. The summed E-state index contributed by atoms with van der Waals surface area (Å²) in [6, 6.07) is 9.96. The summed E-state index contributed by atoms with van der Waals surface area (Å²) in [6.07, 6.45) is 3.91. The van der Waals surface area contributed by atoms with Crippen LogP contribution in [0.25, 0.3) is 0 Å². The van der Waals surface area contributed by atoms with Crippen LogP contribution < -0.4 is 5.32 Å². The molecule has 0 spiro atoms. The Morgan fingerprint density at radius 3 is 2.52 bits per heavy atom. The van der Waals surface area contributed by atoms with E-state index in [9.17, 15) is 13.2 Å². The van der Waals surface area contributed by atoms with E-state index in [1.807, 2.05) is 12.1 Å². The molecule has 1 aliphatic rings. The van der Waals surface area contributed by atoms with Gasteiger partial charge in [-0.15, -0.1) is 0 Å². The quantitative estimate of drug-likeness (QED) is 0.676. The predicted molar refractivity (Wildman–Crippen MR) is 111 cm³/mol. The standard InChI is InChI=1S/C21H29N3O4S/c1-3-24(4-2)29(26,27)18-10-7-9-17(15-18)21(25)22-16-19(20-11-8-14-28-20)23-12-5-6-13-23/h7-11,14-15,19H,3-6,12-13,16H2,1-2H3,(H,22,25). The Morgan fingerprint density at radius 1 is 1.17 bits per heavy atom. The summed E-state index contributed by atoms with van der Waals surface area (Å²) >= 11 is 0. The zero-order valence-electron chi connectivity index (χ0n) is 17.0. The number of carbonyl (C=O) groups is 1. The highest BCUT2D eigenvalue weighted by molar-refractivity contribution is 7.89. The molecule has 1 N–H and O–H groups in total. The van der Waals surface area contributed by atoms with Crippen LogP contribution in [0, 0.1) is 0 Å². The zero-order chi connectivity index (χ0) is 20.9. The number of hydrogen-bond donors (Lipinski definition) is 1. The van der Waals surface area contributed by atoms with Crippen LogP contribution >= 0.6 is 0 Å². The lowest BCUT2D eigenvalue weighted by Crippen LogP contribution is -2.36. The fourth-order valence-corrected chi connectivity index (χ4v) is 5.25. The lowest BCUT2D eigenvalue weighted by atomic mass is 10.1. The Balaban J connectivity index is 1.73. The van der Waals surface area contributed by atoms with Gasteiger partial charge < -0.3 is 9.73 Å². The first-order valence-corrected chi connectivity index (χ1v) is 11.6. The molecule has 0 bridgehead atoms. The molecule has 7 nitrogen and oxygen atoms in total. The van der Waals surface area contributed by atoms with Crippen LogP contribution in [0.2, 0.25) is 0 Å². The molecule has 2 heterocycles. The van der Waals surface area contributed by atoms with Gasteiger partial charge in [-0.3, -0.25) is 9.69 Å². The van der Waals surface area contributed by atoms with Gasteiger partial charge in [0.15, 0.2) is 0 Å². The second-order valence-corrected chi connectivity index (χ2v) is 9.04. The molecular weight excluding hydrogens is 390 g/mol. The molecule has 1 aromatic heterocycles. The predicted octanol–water partition coefficient (Wildman–Crippen LogP) is 2.88. The highest BCUT2D eigenvalue weighted by atomic mass is 32.2. The molecule has 1 atom stereocenters. The molecule has 1 aromatic carbocycles. The maximum atomic E-state index is 12.8. The first-order chi connectivity index (χ1) is 14.0. The van der Waals surface area contributed by atoms with Crippen molar-refractivity contribution in [3.8, 4) is 0 Å². The molecular formula is C21H29N3O4S. The SMILES string of the molecule is CCN(CC)S(=O)(=O)c1cccc(C(=O)NCC(c2ccco2)N2CCCC2)c1. The molecule has 1 aliphatic heterocycles. The zero-order valence-corrected chi connectivity index (χ0v) is 17.8. The molecule has 2 aromatic rings. The van der Waals surface area contributed by atoms with E-state index in [2.05, 4.69) is 10.2 Å². The maximum absolute atomic E-state index is 12.8. The molecule has 1 unspecified atom stereocenters. The molecule has 0 aliphatic carbocycles. The fraction of sp³-hybridized carbons (Fsp3) is 0.476. The minimum Gasteiger partial charge on any atom is -0.468 e. The summed E-state index contributed by atoms with van der Waals surface area (Å²) in [5.74, 6) is 0.530. The lowest BCUT2D eigenvalue weighted by molar-refractivity contribution is 0.0933. The molecule has 1 saturated heterocycles. The van der Waals surface area contributed by atoms with Crippen LogP contribution in [0.4, 0.5) is 0 Å². The number of carbonyl (C=O) groups excluding carboxylic acids is 1. The van der Waals surface area contributed by atoms with Gasteiger partial charge in [0.25, 0.3) is 5.91 Å². The van der Waals surface area contributed by atoms with E-state index in [0.29, 0.717) is 25.2 Å². The highest BCUT2D eigenvalue weighted by Gasteiger charge is 2.27. The topological polar surface area (TPSA) is 82.9 Å². The van der Waals surface area contributed by atoms with Crippen molar-refractivity contribution >= 4 is 15.9 Å². The Hall–Kier alpha value is -2.16. The Labute approximate surface area is 172 Å². The highest BCUT2D eigenvalue weighted by Crippen LogP contribution is 2.25. The van der Waals surface area contributed by atoms with Crippen molar-refractivity contribution < 1.29 is 17.6 Å². The van der Waals surface area contributed by atoms with Gasteiger partial charge in [-0.2, -0.15) is 4.31 Å². The number of likely N-dealkylation sites (tertiary alicyclic amines) is 1. The summed E-state index contributed by atoms with van der Waals surface area (Å²) in [5, 5.41) is 2.95. The second kappa shape index (κ2) is 9.56. The second-order valence-electron chi connectivity index (χ2n) is 7.10. The first-order valence-electron chi connectivity index (χ1n) is 10.1. The average molecular weight is 420 g/mol. The molecule has 0 saturated carbocycles. The van der Waals surface area contributed by atoms with E-state index in [0.717, 1.165) is 31.7 Å². The molecule has 8 heteroatoms. The summed E-state index contributed by atoms with van der Waals surface area (Å²) in [7, 11) is -3.61. The number of nitrogens with zero attached hydrogens (tertiary/aromatic N) is 2. The van der Waals surface area contributed by atoms with Gasteiger partial charge >= 0.3 is 0 Å². The smallest absolute Gasteiger partial charge is 0.251 e. The Bertz CT molecular complexity index is 902. The maximum Gasteiger partial charge on any atom is 0.251 e. The van der Waals surface area contributed by atoms with Crippen LogP contribution in [0.3, 0.4) is 0 Å². The number of sulfonamides is 1. The molecule has 3 rings (SSSR count).